The SMILES string of the molecule is O=C(O)N(CCN1CCCCC1)c1nc2ccc(C3(O)c4ccccc4C(=O)N3c3ccc(F)cc3)cc2[nH]1. The molecule has 3 aromatic carbocycles. The van der Waals surface area contributed by atoms with Crippen molar-refractivity contribution >= 4 is 34.7 Å². The second kappa shape index (κ2) is 9.79. The summed E-state index contributed by atoms with van der Waals surface area (Å²) >= 11 is 0. The van der Waals surface area contributed by atoms with Gasteiger partial charge in [0.25, 0.3) is 5.91 Å². The van der Waals surface area contributed by atoms with Crippen molar-refractivity contribution in [2.45, 2.75) is 25.0 Å². The minimum Gasteiger partial charge on any atom is -0.465 e. The van der Waals surface area contributed by atoms with Crippen molar-refractivity contribution in [3.05, 3.63) is 89.2 Å². The number of benzene rings is 3. The standard InChI is InChI=1S/C29H28FN5O4/c30-20-9-11-21(12-10-20)35-26(36)22-6-2-3-7-23(22)29(35,39)19-8-13-24-25(18-19)32-27(31-24)34(28(37)38)17-16-33-14-4-1-5-15-33/h2-3,6-13,18,39H,1,4-5,14-17H2,(H,31,32)(H,37,38). The Kier molecular flexibility index (Phi) is 6.28. The van der Waals surface area contributed by atoms with E-state index >= 15 is 0 Å². The van der Waals surface area contributed by atoms with Crippen LogP contribution in [0.5, 0.6) is 0 Å². The molecule has 10 heteroatoms. The number of aromatic amines is 1. The molecule has 2 amide bonds. The van der Waals surface area contributed by atoms with Gasteiger partial charge in [-0.2, -0.15) is 0 Å². The molecule has 39 heavy (non-hydrogen) atoms. The number of carbonyl (C=O) groups is 2. The van der Waals surface area contributed by atoms with Gasteiger partial charge in [0.2, 0.25) is 5.95 Å². The fraction of sp³-hybridized carbons (Fsp3) is 0.276. The number of hydrogen-bond acceptors (Lipinski definition) is 5. The molecular weight excluding hydrogens is 501 g/mol. The summed E-state index contributed by atoms with van der Waals surface area (Å²) in [6.07, 6.45) is 2.32. The van der Waals surface area contributed by atoms with Crippen LogP contribution >= 0.6 is 0 Å². The van der Waals surface area contributed by atoms with Crippen LogP contribution in [0, 0.1) is 5.82 Å². The summed E-state index contributed by atoms with van der Waals surface area (Å²) in [5.41, 5.74) is 0.592. The van der Waals surface area contributed by atoms with Gasteiger partial charge in [-0.1, -0.05) is 30.7 Å². The van der Waals surface area contributed by atoms with E-state index in [1.807, 2.05) is 0 Å². The highest BCUT2D eigenvalue weighted by Gasteiger charge is 2.50. The summed E-state index contributed by atoms with van der Waals surface area (Å²) < 4.78 is 13.7. The van der Waals surface area contributed by atoms with Crippen molar-refractivity contribution in [1.29, 1.82) is 0 Å². The summed E-state index contributed by atoms with van der Waals surface area (Å²) in [6.45, 7) is 2.80. The van der Waals surface area contributed by atoms with Crippen molar-refractivity contribution < 1.29 is 24.2 Å². The maximum absolute atomic E-state index is 13.7. The van der Waals surface area contributed by atoms with E-state index in [-0.39, 0.29) is 12.5 Å². The number of imidazole rings is 1. The van der Waals surface area contributed by atoms with Gasteiger partial charge in [0.15, 0.2) is 5.72 Å². The van der Waals surface area contributed by atoms with E-state index in [9.17, 15) is 24.2 Å². The number of carboxylic acid groups (broad SMARTS) is 1. The number of anilines is 2. The van der Waals surface area contributed by atoms with E-state index in [0.29, 0.717) is 40.0 Å². The summed E-state index contributed by atoms with van der Waals surface area (Å²) in [4.78, 5) is 37.9. The number of fused-ring (bicyclic) bond motifs is 2. The van der Waals surface area contributed by atoms with Crippen LogP contribution in [0.3, 0.4) is 0 Å². The molecule has 1 aromatic heterocycles. The summed E-state index contributed by atoms with van der Waals surface area (Å²) in [6, 6.07) is 17.2. The maximum Gasteiger partial charge on any atom is 0.414 e. The zero-order valence-electron chi connectivity index (χ0n) is 21.2. The first kappa shape index (κ1) is 25.0. The van der Waals surface area contributed by atoms with Crippen molar-refractivity contribution in [2.75, 3.05) is 36.0 Å². The first-order valence-corrected chi connectivity index (χ1v) is 13.0. The van der Waals surface area contributed by atoms with Crippen LogP contribution in [0.4, 0.5) is 20.8 Å². The van der Waals surface area contributed by atoms with Crippen molar-refractivity contribution in [3.63, 3.8) is 0 Å². The molecule has 3 N–H and O–H groups in total. The predicted molar refractivity (Wildman–Crippen MR) is 144 cm³/mol. The molecule has 6 rings (SSSR count). The van der Waals surface area contributed by atoms with Gasteiger partial charge >= 0.3 is 6.09 Å². The predicted octanol–water partition coefficient (Wildman–Crippen LogP) is 4.53. The third kappa shape index (κ3) is 4.31. The van der Waals surface area contributed by atoms with E-state index in [2.05, 4.69) is 14.9 Å². The van der Waals surface area contributed by atoms with Crippen molar-refractivity contribution in [2.24, 2.45) is 0 Å². The van der Waals surface area contributed by atoms with Crippen LogP contribution in [-0.4, -0.2) is 63.3 Å². The third-order valence-corrected chi connectivity index (χ3v) is 7.59. The Bertz CT molecular complexity index is 1550. The Labute approximate surface area is 224 Å². The lowest BCUT2D eigenvalue weighted by molar-refractivity contribution is 0.0704. The molecular formula is C29H28FN5O4. The zero-order valence-corrected chi connectivity index (χ0v) is 21.2. The quantitative estimate of drug-likeness (QED) is 0.338. The molecule has 0 saturated carbocycles. The summed E-state index contributed by atoms with van der Waals surface area (Å²) in [5.74, 6) is -0.682. The molecule has 1 atom stereocenters. The second-order valence-corrected chi connectivity index (χ2v) is 9.96. The molecule has 4 aromatic rings. The number of hydrogen-bond donors (Lipinski definition) is 3. The topological polar surface area (TPSA) is 113 Å². The molecule has 0 radical (unpaired) electrons. The normalized spacial score (nSPS) is 19.4. The number of carbonyl (C=O) groups excluding carboxylic acids is 1. The lowest BCUT2D eigenvalue weighted by Crippen LogP contribution is -2.45. The monoisotopic (exact) mass is 529 g/mol. The van der Waals surface area contributed by atoms with Crippen LogP contribution < -0.4 is 9.80 Å². The van der Waals surface area contributed by atoms with Crippen molar-refractivity contribution in [1.82, 2.24) is 14.9 Å². The largest absolute Gasteiger partial charge is 0.465 e. The van der Waals surface area contributed by atoms with E-state index in [1.165, 1.54) is 40.5 Å². The highest BCUT2D eigenvalue weighted by molar-refractivity contribution is 6.12. The second-order valence-electron chi connectivity index (χ2n) is 9.96. The number of amides is 2. The molecule has 9 nitrogen and oxygen atoms in total. The van der Waals surface area contributed by atoms with Crippen LogP contribution in [0.15, 0.2) is 66.7 Å². The molecule has 2 aliphatic heterocycles. The number of nitrogens with zero attached hydrogens (tertiary/aromatic N) is 4. The Balaban J connectivity index is 1.38. The van der Waals surface area contributed by atoms with Gasteiger partial charge in [0.05, 0.1) is 11.0 Å². The number of rotatable bonds is 6. The van der Waals surface area contributed by atoms with Crippen molar-refractivity contribution in [3.8, 4) is 0 Å². The third-order valence-electron chi connectivity index (χ3n) is 7.59. The van der Waals surface area contributed by atoms with Gasteiger partial charge in [0.1, 0.15) is 5.82 Å². The average molecular weight is 530 g/mol. The Morgan fingerprint density at radius 1 is 1.05 bits per heavy atom. The molecule has 0 aliphatic carbocycles. The Morgan fingerprint density at radius 3 is 2.54 bits per heavy atom. The Hall–Kier alpha value is -4.28. The lowest BCUT2D eigenvalue weighted by atomic mass is 9.93. The zero-order chi connectivity index (χ0) is 27.1. The molecule has 1 fully saturated rings. The van der Waals surface area contributed by atoms with E-state index in [4.69, 9.17) is 0 Å². The molecule has 1 saturated heterocycles. The smallest absolute Gasteiger partial charge is 0.414 e. The number of likely N-dealkylation sites (tertiary alicyclic amines) is 1. The van der Waals surface area contributed by atoms with Crippen LogP contribution in [0.1, 0.15) is 40.7 Å². The molecule has 2 aliphatic rings. The van der Waals surface area contributed by atoms with Gasteiger partial charge in [-0.25, -0.2) is 19.1 Å². The first-order valence-electron chi connectivity index (χ1n) is 13.0. The first-order chi connectivity index (χ1) is 18.9. The number of piperidine rings is 1. The Morgan fingerprint density at radius 2 is 1.79 bits per heavy atom. The average Bonchev–Trinajstić information content (AvgIpc) is 3.46. The van der Waals surface area contributed by atoms with Gasteiger partial charge in [0, 0.05) is 35.5 Å². The minimum absolute atomic E-state index is 0.192. The van der Waals surface area contributed by atoms with Crippen LogP contribution in [-0.2, 0) is 5.72 Å². The van der Waals surface area contributed by atoms with Gasteiger partial charge in [-0.15, -0.1) is 0 Å². The minimum atomic E-state index is -1.88. The molecule has 3 heterocycles. The molecule has 0 bridgehead atoms. The number of H-pyrrole nitrogens is 1. The highest BCUT2D eigenvalue weighted by Crippen LogP contribution is 2.45. The van der Waals surface area contributed by atoms with Crippen LogP contribution in [0.25, 0.3) is 11.0 Å². The summed E-state index contributed by atoms with van der Waals surface area (Å²) in [5, 5.41) is 22.1. The fourth-order valence-corrected chi connectivity index (χ4v) is 5.60. The molecule has 0 spiro atoms. The van der Waals surface area contributed by atoms with E-state index in [0.717, 1.165) is 25.9 Å². The van der Waals surface area contributed by atoms with E-state index < -0.39 is 23.5 Å². The number of nitrogens with one attached hydrogen (secondary N) is 1. The number of aliphatic hydroxyl groups is 1. The highest BCUT2D eigenvalue weighted by atomic mass is 19.1. The number of halogens is 1. The van der Waals surface area contributed by atoms with Crippen LogP contribution in [0.2, 0.25) is 0 Å². The molecule has 200 valence electrons. The van der Waals surface area contributed by atoms with Gasteiger partial charge in [-0.3, -0.25) is 9.69 Å². The number of aromatic nitrogens is 2. The van der Waals surface area contributed by atoms with Gasteiger partial charge < -0.3 is 20.1 Å². The maximum atomic E-state index is 13.7. The summed E-state index contributed by atoms with van der Waals surface area (Å²) in [7, 11) is 0. The van der Waals surface area contributed by atoms with E-state index in [1.54, 1.807) is 42.5 Å². The lowest BCUT2D eigenvalue weighted by Gasteiger charge is -2.34. The van der Waals surface area contributed by atoms with Gasteiger partial charge in [-0.05, 0) is 68.4 Å². The fourth-order valence-electron chi connectivity index (χ4n) is 5.60. The molecule has 1 unspecified atom stereocenters.